The van der Waals surface area contributed by atoms with Gasteiger partial charge in [0.2, 0.25) is 5.60 Å². The standard InChI is InChI=1S/C32H40O14/c1-7-16-10-18-27(4,22(43-14(2)33)15-8-9-42-12-15)20(35)21(36)32-28(5)17(11-19(34)41-6)26(3)13-29(28,39)30(40,23(26)37)24(44-16)31(18,32)45-25(38)46-32/h8-10,12,17-18,20-24,35-37,39-40H,7,11,13H2,1-6H3/t17-,18+,20-,21+,22-,23-,24+,26+,27-,28+,29+,30-,31+,32-/m0/s1. The first-order valence-electron chi connectivity index (χ1n) is 15.5. The number of hydrogen-bond acceptors (Lipinski definition) is 14. The van der Waals surface area contributed by atoms with E-state index in [1.807, 2.05) is 0 Å². The highest BCUT2D eigenvalue weighted by molar-refractivity contribution is 5.72. The lowest BCUT2D eigenvalue weighted by Crippen LogP contribution is -2.96. The summed E-state index contributed by atoms with van der Waals surface area (Å²) in [5.41, 5.74) is -14.4. The molecule has 7 rings (SSSR count). The molecule has 1 aromatic rings. The van der Waals surface area contributed by atoms with Crippen LogP contribution in [0.3, 0.4) is 0 Å². The van der Waals surface area contributed by atoms with Crippen LogP contribution >= 0.6 is 0 Å². The van der Waals surface area contributed by atoms with Crippen molar-refractivity contribution in [3.8, 4) is 0 Å². The molecule has 0 radical (unpaired) electrons. The van der Waals surface area contributed by atoms with Crippen LogP contribution in [-0.4, -0.2) is 97.6 Å². The van der Waals surface area contributed by atoms with Crippen molar-refractivity contribution in [3.63, 3.8) is 0 Å². The Balaban J connectivity index is 1.60. The van der Waals surface area contributed by atoms with E-state index in [1.165, 1.54) is 46.5 Å². The van der Waals surface area contributed by atoms with Gasteiger partial charge < -0.3 is 53.6 Å². The molecule has 14 atom stereocenters. The molecule has 5 N–H and O–H groups in total. The molecule has 4 aliphatic carbocycles. The van der Waals surface area contributed by atoms with Crippen molar-refractivity contribution >= 4 is 18.1 Å². The lowest BCUT2D eigenvalue weighted by atomic mass is 9.32. The molecular formula is C32H40O14. The molecule has 0 amide bonds. The number of esters is 2. The predicted molar refractivity (Wildman–Crippen MR) is 150 cm³/mol. The molecular weight excluding hydrogens is 608 g/mol. The molecule has 6 aliphatic rings. The van der Waals surface area contributed by atoms with Crippen molar-refractivity contribution in [1.82, 2.24) is 0 Å². The fourth-order valence-electron chi connectivity index (χ4n) is 11.3. The highest BCUT2D eigenvalue weighted by Gasteiger charge is 3.02. The van der Waals surface area contributed by atoms with Crippen LogP contribution in [0.2, 0.25) is 0 Å². The average molecular weight is 649 g/mol. The van der Waals surface area contributed by atoms with Gasteiger partial charge in [-0.25, -0.2) is 4.79 Å². The van der Waals surface area contributed by atoms with Crippen LogP contribution in [0.4, 0.5) is 4.79 Å². The highest BCUT2D eigenvalue weighted by Crippen LogP contribution is 2.85. The van der Waals surface area contributed by atoms with Gasteiger partial charge in [-0.3, -0.25) is 9.59 Å². The van der Waals surface area contributed by atoms with Crippen molar-refractivity contribution in [3.05, 3.63) is 36.0 Å². The van der Waals surface area contributed by atoms with Crippen molar-refractivity contribution in [2.45, 2.75) is 107 Å². The largest absolute Gasteiger partial charge is 0.509 e. The summed E-state index contributed by atoms with van der Waals surface area (Å²) in [5.74, 6) is -3.54. The summed E-state index contributed by atoms with van der Waals surface area (Å²) in [5, 5.41) is 62.9. The smallest absolute Gasteiger partial charge is 0.487 e. The minimum atomic E-state index is -2.57. The van der Waals surface area contributed by atoms with Crippen molar-refractivity contribution in [2.24, 2.45) is 28.1 Å². The van der Waals surface area contributed by atoms with E-state index in [1.54, 1.807) is 19.9 Å². The third-order valence-corrected chi connectivity index (χ3v) is 13.1. The number of furan rings is 1. The summed E-state index contributed by atoms with van der Waals surface area (Å²) in [6.45, 7) is 7.55. The molecule has 4 saturated carbocycles. The molecule has 1 saturated heterocycles. The van der Waals surface area contributed by atoms with Crippen molar-refractivity contribution in [2.75, 3.05) is 7.11 Å². The van der Waals surface area contributed by atoms with E-state index in [2.05, 4.69) is 0 Å². The zero-order valence-corrected chi connectivity index (χ0v) is 26.4. The molecule has 2 bridgehead atoms. The molecule has 2 aliphatic heterocycles. The maximum atomic E-state index is 13.7. The van der Waals surface area contributed by atoms with E-state index in [-0.39, 0.29) is 18.6 Å². The van der Waals surface area contributed by atoms with Gasteiger partial charge in [0.1, 0.15) is 17.8 Å². The van der Waals surface area contributed by atoms with Crippen LogP contribution in [0, 0.1) is 28.1 Å². The van der Waals surface area contributed by atoms with Gasteiger partial charge in [-0.05, 0) is 24.5 Å². The number of hydrogen-bond donors (Lipinski definition) is 5. The maximum absolute atomic E-state index is 13.7. The fourth-order valence-corrected chi connectivity index (χ4v) is 11.3. The first-order chi connectivity index (χ1) is 21.4. The third-order valence-electron chi connectivity index (χ3n) is 13.1. The van der Waals surface area contributed by atoms with Gasteiger partial charge in [-0.2, -0.15) is 0 Å². The van der Waals surface area contributed by atoms with Gasteiger partial charge >= 0.3 is 18.1 Å². The molecule has 0 aromatic carbocycles. The number of ether oxygens (including phenoxy) is 5. The first kappa shape index (κ1) is 31.4. The van der Waals surface area contributed by atoms with E-state index in [4.69, 9.17) is 28.1 Å². The number of carbonyl (C=O) groups is 3. The van der Waals surface area contributed by atoms with E-state index < -0.39 is 106 Å². The Morgan fingerprint density at radius 3 is 2.39 bits per heavy atom. The topological polar surface area (TPSA) is 212 Å². The lowest BCUT2D eigenvalue weighted by molar-refractivity contribution is -0.436. The van der Waals surface area contributed by atoms with Gasteiger partial charge in [0.15, 0.2) is 17.3 Å². The van der Waals surface area contributed by atoms with Crippen molar-refractivity contribution < 1.29 is 68.0 Å². The monoisotopic (exact) mass is 648 g/mol. The van der Waals surface area contributed by atoms with E-state index in [0.717, 1.165) is 0 Å². The Hall–Kier alpha value is -3.17. The Bertz CT molecular complexity index is 1540. The number of aliphatic hydroxyl groups is 5. The van der Waals surface area contributed by atoms with Crippen molar-refractivity contribution in [1.29, 1.82) is 0 Å². The molecule has 3 heterocycles. The second-order valence-electron chi connectivity index (χ2n) is 14.6. The highest BCUT2D eigenvalue weighted by atomic mass is 16.8. The number of rotatable bonds is 6. The average Bonchev–Trinajstić information content (AvgIpc) is 3.72. The second kappa shape index (κ2) is 9.04. The van der Waals surface area contributed by atoms with Gasteiger partial charge in [0.05, 0.1) is 43.0 Å². The number of carbonyl (C=O) groups excluding carboxylic acids is 3. The fraction of sp³-hybridized carbons (Fsp3) is 0.719. The van der Waals surface area contributed by atoms with Crippen LogP contribution in [-0.2, 0) is 33.3 Å². The predicted octanol–water partition coefficient (Wildman–Crippen LogP) is 1.02. The van der Waals surface area contributed by atoms with Crippen LogP contribution < -0.4 is 0 Å². The SMILES string of the molecule is CCC1=C[C@@H]2[C@](C)([C@@H](OC(C)=O)c3ccoc3)[C@@H](O)[C@@H](O)[C@@]34OC(=O)O[C@@]23[C@H](O1)[C@@]1(O)[C@@H](O)[C@]2(C)C[C@@]1(O)[C@@]4(C)[C@H]2CC(=O)OC. The second-order valence-corrected chi connectivity index (χ2v) is 14.6. The third kappa shape index (κ3) is 2.89. The molecule has 5 fully saturated rings. The number of allylic oxidation sites excluding steroid dienone is 1. The van der Waals surface area contributed by atoms with Crippen LogP contribution in [0.5, 0.6) is 0 Å². The summed E-state index contributed by atoms with van der Waals surface area (Å²) in [4.78, 5) is 39.2. The van der Waals surface area contributed by atoms with E-state index >= 15 is 0 Å². The summed E-state index contributed by atoms with van der Waals surface area (Å²) in [7, 11) is 1.18. The quantitative estimate of drug-likeness (QED) is 0.215. The van der Waals surface area contributed by atoms with E-state index in [9.17, 15) is 39.9 Å². The lowest BCUT2D eigenvalue weighted by Gasteiger charge is -2.76. The molecule has 1 spiro atoms. The zero-order valence-electron chi connectivity index (χ0n) is 26.4. The minimum absolute atomic E-state index is 0.230. The summed E-state index contributed by atoms with van der Waals surface area (Å²) in [6.07, 6.45) is -6.30. The normalized spacial score (nSPS) is 51.5. The summed E-state index contributed by atoms with van der Waals surface area (Å²) < 4.78 is 34.8. The number of methoxy groups -OCH3 is 1. The number of aliphatic hydroxyl groups excluding tert-OH is 3. The first-order valence-corrected chi connectivity index (χ1v) is 15.5. The Morgan fingerprint density at radius 1 is 1.11 bits per heavy atom. The van der Waals surface area contributed by atoms with Gasteiger partial charge in [-0.15, -0.1) is 0 Å². The molecule has 0 unspecified atom stereocenters. The summed E-state index contributed by atoms with van der Waals surface area (Å²) >= 11 is 0. The molecule has 14 nitrogen and oxygen atoms in total. The molecule has 252 valence electrons. The van der Waals surface area contributed by atoms with Crippen LogP contribution in [0.15, 0.2) is 34.8 Å². The van der Waals surface area contributed by atoms with Crippen LogP contribution in [0.1, 0.15) is 65.5 Å². The van der Waals surface area contributed by atoms with E-state index in [0.29, 0.717) is 5.56 Å². The maximum Gasteiger partial charge on any atom is 0.509 e. The summed E-state index contributed by atoms with van der Waals surface area (Å²) in [6, 6.07) is 1.52. The van der Waals surface area contributed by atoms with Gasteiger partial charge in [-0.1, -0.05) is 27.7 Å². The number of fused-ring (bicyclic) bond motifs is 2. The Labute approximate surface area is 264 Å². The molecule has 14 heteroatoms. The molecule has 1 aromatic heterocycles. The van der Waals surface area contributed by atoms with Crippen LogP contribution in [0.25, 0.3) is 0 Å². The molecule has 46 heavy (non-hydrogen) atoms. The van der Waals surface area contributed by atoms with Gasteiger partial charge in [0, 0.05) is 42.1 Å². The van der Waals surface area contributed by atoms with Gasteiger partial charge in [0.25, 0.3) is 0 Å². The zero-order chi connectivity index (χ0) is 33.6. The Morgan fingerprint density at radius 2 is 1.80 bits per heavy atom. The minimum Gasteiger partial charge on any atom is -0.487 e. The Kier molecular flexibility index (Phi) is 6.18.